The lowest BCUT2D eigenvalue weighted by Gasteiger charge is -2.28. The molecule has 1 saturated carbocycles. The maximum atomic E-state index is 12.8. The molecule has 1 fully saturated rings. The van der Waals surface area contributed by atoms with Gasteiger partial charge >= 0.3 is 11.8 Å². The second kappa shape index (κ2) is 8.57. The average molecular weight is 441 g/mol. The van der Waals surface area contributed by atoms with Crippen LogP contribution in [0.3, 0.4) is 0 Å². The minimum atomic E-state index is -1.04. The number of nitrogens with one attached hydrogen (secondary N) is 3. The number of H-pyrrole nitrogens is 1. The van der Waals surface area contributed by atoms with Gasteiger partial charge in [0.1, 0.15) is 11.3 Å². The Morgan fingerprint density at radius 2 is 1.88 bits per heavy atom. The fourth-order valence-corrected chi connectivity index (χ4v) is 4.00. The van der Waals surface area contributed by atoms with Gasteiger partial charge in [0.15, 0.2) is 11.3 Å². The molecule has 3 aromatic rings. The summed E-state index contributed by atoms with van der Waals surface area (Å²) in [5.41, 5.74) is 5.67. The Morgan fingerprint density at radius 3 is 2.53 bits per heavy atom. The van der Waals surface area contributed by atoms with Crippen LogP contribution in [-0.4, -0.2) is 55.8 Å². The van der Waals surface area contributed by atoms with Gasteiger partial charge in [-0.15, -0.1) is 0 Å². The van der Waals surface area contributed by atoms with E-state index in [1.165, 1.54) is 11.7 Å². The molecule has 6 N–H and O–H groups in total. The molecule has 0 spiro atoms. The summed E-state index contributed by atoms with van der Waals surface area (Å²) < 4.78 is 6.67. The zero-order valence-electron chi connectivity index (χ0n) is 17.3. The van der Waals surface area contributed by atoms with Gasteiger partial charge in [-0.25, -0.2) is 19.1 Å². The first kappa shape index (κ1) is 21.2. The molecule has 12 nitrogen and oxygen atoms in total. The van der Waals surface area contributed by atoms with E-state index >= 15 is 0 Å². The van der Waals surface area contributed by atoms with Crippen molar-refractivity contribution in [2.24, 2.45) is 5.73 Å². The minimum absolute atomic E-state index is 0.0228. The third-order valence-corrected chi connectivity index (χ3v) is 5.48. The van der Waals surface area contributed by atoms with Gasteiger partial charge < -0.3 is 31.2 Å². The molecule has 1 aromatic carbocycles. The second-order valence-corrected chi connectivity index (χ2v) is 7.54. The first-order valence-corrected chi connectivity index (χ1v) is 10.1. The summed E-state index contributed by atoms with van der Waals surface area (Å²) in [4.78, 5) is 47.0. The largest absolute Gasteiger partial charge is 0.495 e. The van der Waals surface area contributed by atoms with Crippen molar-refractivity contribution in [1.29, 1.82) is 0 Å². The van der Waals surface area contributed by atoms with Crippen LogP contribution in [0, 0.1) is 0 Å². The van der Waals surface area contributed by atoms with Crippen molar-refractivity contribution in [2.75, 3.05) is 12.4 Å². The predicted octanol–water partition coefficient (Wildman–Crippen LogP) is 1.21. The van der Waals surface area contributed by atoms with Crippen LogP contribution >= 0.6 is 0 Å². The zero-order chi connectivity index (χ0) is 22.8. The van der Waals surface area contributed by atoms with Gasteiger partial charge in [-0.05, 0) is 37.8 Å². The lowest BCUT2D eigenvalue weighted by Crippen LogP contribution is -2.39. The molecule has 0 saturated heterocycles. The van der Waals surface area contributed by atoms with Gasteiger partial charge in [0.05, 0.1) is 12.8 Å². The molecule has 2 heterocycles. The second-order valence-electron chi connectivity index (χ2n) is 7.54. The topological polar surface area (TPSA) is 177 Å². The number of amides is 2. The highest BCUT2D eigenvalue weighted by molar-refractivity contribution is 6.02. The van der Waals surface area contributed by atoms with E-state index in [0.717, 1.165) is 0 Å². The maximum Gasteiger partial charge on any atom is 0.404 e. The van der Waals surface area contributed by atoms with Crippen molar-refractivity contribution in [3.05, 3.63) is 40.4 Å². The number of primary amides is 1. The number of hydrogen-bond acceptors (Lipinski definition) is 7. The number of nitrogens with two attached hydrogens (primary N) is 1. The number of carbonyl (C=O) groups is 2. The van der Waals surface area contributed by atoms with Crippen molar-refractivity contribution >= 4 is 29.1 Å². The van der Waals surface area contributed by atoms with Gasteiger partial charge in [0.25, 0.3) is 5.91 Å². The van der Waals surface area contributed by atoms with Gasteiger partial charge in [0.2, 0.25) is 5.95 Å². The molecule has 1 aliphatic rings. The molecule has 0 bridgehead atoms. The number of imidazole rings is 1. The van der Waals surface area contributed by atoms with Crippen LogP contribution in [0.5, 0.6) is 5.75 Å². The SMILES string of the molecule is COc1ccccc1-n1c(=O)[nH]c2c(C(N)=O)nc(N[C@H]3CC[C@@H](NC(=O)O)CC3)nc21. The summed E-state index contributed by atoms with van der Waals surface area (Å²) >= 11 is 0. The third-order valence-electron chi connectivity index (χ3n) is 5.48. The van der Waals surface area contributed by atoms with Crippen LogP contribution in [0.1, 0.15) is 36.2 Å². The number of nitrogens with zero attached hydrogens (tertiary/aromatic N) is 3. The molecule has 32 heavy (non-hydrogen) atoms. The summed E-state index contributed by atoms with van der Waals surface area (Å²) in [5, 5.41) is 14.6. The molecular formula is C20H23N7O5. The fraction of sp³-hybridized carbons (Fsp3) is 0.350. The smallest absolute Gasteiger partial charge is 0.404 e. The summed E-state index contributed by atoms with van der Waals surface area (Å²) in [5.74, 6) is -0.194. The molecule has 0 atom stereocenters. The van der Waals surface area contributed by atoms with Crippen molar-refractivity contribution in [1.82, 2.24) is 24.8 Å². The molecule has 2 aromatic heterocycles. The van der Waals surface area contributed by atoms with Gasteiger partial charge in [-0.2, -0.15) is 4.98 Å². The molecule has 0 aliphatic heterocycles. The summed E-state index contributed by atoms with van der Waals surface area (Å²) in [6, 6.07) is 6.81. The van der Waals surface area contributed by atoms with Crippen LogP contribution in [0.25, 0.3) is 16.9 Å². The molecular weight excluding hydrogens is 418 g/mol. The number of hydrogen-bond donors (Lipinski definition) is 5. The Morgan fingerprint density at radius 1 is 1.19 bits per heavy atom. The summed E-state index contributed by atoms with van der Waals surface area (Å²) in [6.07, 6.45) is 1.65. The van der Waals surface area contributed by atoms with E-state index in [4.69, 9.17) is 15.6 Å². The fourth-order valence-electron chi connectivity index (χ4n) is 4.00. The monoisotopic (exact) mass is 441 g/mol. The maximum absolute atomic E-state index is 12.8. The lowest BCUT2D eigenvalue weighted by atomic mass is 9.91. The highest BCUT2D eigenvalue weighted by Crippen LogP contribution is 2.26. The number of para-hydroxylation sites is 2. The molecule has 2 amide bonds. The highest BCUT2D eigenvalue weighted by atomic mass is 16.5. The molecule has 1 aliphatic carbocycles. The number of anilines is 1. The minimum Gasteiger partial charge on any atom is -0.495 e. The number of aromatic amines is 1. The highest BCUT2D eigenvalue weighted by Gasteiger charge is 2.25. The average Bonchev–Trinajstić information content (AvgIpc) is 3.09. The number of benzene rings is 1. The molecule has 168 valence electrons. The Bertz CT molecular complexity index is 1230. The molecule has 0 unspecified atom stereocenters. The number of aromatic nitrogens is 4. The Hall–Kier alpha value is -4.09. The number of methoxy groups -OCH3 is 1. The summed E-state index contributed by atoms with van der Waals surface area (Å²) in [7, 11) is 1.49. The van der Waals surface area contributed by atoms with Gasteiger partial charge in [-0.1, -0.05) is 12.1 Å². The van der Waals surface area contributed by atoms with E-state index < -0.39 is 17.7 Å². The first-order chi connectivity index (χ1) is 15.4. The number of ether oxygens (including phenoxy) is 1. The Labute approximate surface area is 181 Å². The Kier molecular flexibility index (Phi) is 5.67. The van der Waals surface area contributed by atoms with Crippen molar-refractivity contribution in [3.8, 4) is 11.4 Å². The molecule has 4 rings (SSSR count). The van der Waals surface area contributed by atoms with Crippen molar-refractivity contribution in [2.45, 2.75) is 37.8 Å². The standard InChI is InChI=1S/C20H23N7O5/c1-32-13-5-3-2-4-12(13)27-17-15(25-19(27)29)14(16(21)28)24-18(26-17)22-10-6-8-11(9-7-10)23-20(30)31/h2-5,10-11,23H,6-9H2,1H3,(H2,21,28)(H,25,29)(H,30,31)(H,22,24,26)/t10-,11+. The van der Waals surface area contributed by atoms with Crippen LogP contribution in [0.2, 0.25) is 0 Å². The van der Waals surface area contributed by atoms with E-state index in [0.29, 0.717) is 37.1 Å². The first-order valence-electron chi connectivity index (χ1n) is 10.1. The molecule has 0 radical (unpaired) electrons. The van der Waals surface area contributed by atoms with Gasteiger partial charge in [0, 0.05) is 12.1 Å². The van der Waals surface area contributed by atoms with E-state index in [2.05, 4.69) is 25.6 Å². The van der Waals surface area contributed by atoms with Crippen molar-refractivity contribution < 1.29 is 19.4 Å². The zero-order valence-corrected chi connectivity index (χ0v) is 17.3. The van der Waals surface area contributed by atoms with E-state index in [1.807, 2.05) is 0 Å². The number of fused-ring (bicyclic) bond motifs is 1. The van der Waals surface area contributed by atoms with Crippen molar-refractivity contribution in [3.63, 3.8) is 0 Å². The third kappa shape index (κ3) is 4.06. The normalized spacial score (nSPS) is 18.3. The van der Waals surface area contributed by atoms with E-state index in [9.17, 15) is 14.4 Å². The van der Waals surface area contributed by atoms with Gasteiger partial charge in [-0.3, -0.25) is 4.79 Å². The van der Waals surface area contributed by atoms with E-state index in [-0.39, 0.29) is 34.9 Å². The Balaban J connectivity index is 1.71. The molecule has 12 heteroatoms. The lowest BCUT2D eigenvalue weighted by molar-refractivity contribution is 0.0997. The van der Waals surface area contributed by atoms with E-state index in [1.54, 1.807) is 24.3 Å². The van der Waals surface area contributed by atoms with Crippen LogP contribution in [0.15, 0.2) is 29.1 Å². The number of carbonyl (C=O) groups excluding carboxylic acids is 1. The van der Waals surface area contributed by atoms with Crippen LogP contribution < -0.4 is 26.8 Å². The number of rotatable bonds is 6. The number of carboxylic acid groups (broad SMARTS) is 1. The summed E-state index contributed by atoms with van der Waals surface area (Å²) in [6.45, 7) is 0. The predicted molar refractivity (Wildman–Crippen MR) is 115 cm³/mol. The van der Waals surface area contributed by atoms with Crippen LogP contribution in [-0.2, 0) is 0 Å². The van der Waals surface area contributed by atoms with Crippen LogP contribution in [0.4, 0.5) is 10.7 Å². The quantitative estimate of drug-likeness (QED) is 0.379.